The molecule has 0 fully saturated rings. The Bertz CT molecular complexity index is 632. The molecule has 2 aromatic rings. The average Bonchev–Trinajstić information content (AvgIpc) is 2.55. The van der Waals surface area contributed by atoms with E-state index in [0.717, 1.165) is 48.5 Å². The largest absolute Gasteiger partial charge is 4.00 e. The van der Waals surface area contributed by atoms with Crippen molar-refractivity contribution in [3.05, 3.63) is 70.8 Å². The standard InChI is InChI=1S/2C8H6O4.Zr/c2*9-7(10)5-1-2-6(4-3-5)8(11)12;/h2*1-4H,(H,9,10)(H,11,12);/q;;+4/p-4. The summed E-state index contributed by atoms with van der Waals surface area (Å²) in [6.45, 7) is 0. The number of hydrogen-bond donors (Lipinski definition) is 0. The molecule has 9 heteroatoms. The molecule has 0 radical (unpaired) electrons. The minimum absolute atomic E-state index is 0. The molecule has 0 saturated heterocycles. The van der Waals surface area contributed by atoms with Crippen molar-refractivity contribution in [3.63, 3.8) is 0 Å². The topological polar surface area (TPSA) is 161 Å². The number of benzene rings is 2. The van der Waals surface area contributed by atoms with Gasteiger partial charge >= 0.3 is 26.2 Å². The van der Waals surface area contributed by atoms with E-state index in [2.05, 4.69) is 0 Å². The van der Waals surface area contributed by atoms with Crippen molar-refractivity contribution >= 4 is 23.9 Å². The molecule has 0 saturated carbocycles. The summed E-state index contributed by atoms with van der Waals surface area (Å²) in [5.74, 6) is -5.33. The van der Waals surface area contributed by atoms with E-state index in [-0.39, 0.29) is 48.5 Å². The van der Waals surface area contributed by atoms with Gasteiger partial charge in [-0.05, 0) is 22.3 Å². The second-order valence-electron chi connectivity index (χ2n) is 4.30. The Labute approximate surface area is 160 Å². The quantitative estimate of drug-likeness (QED) is 0.501. The van der Waals surface area contributed by atoms with Gasteiger partial charge in [0.15, 0.2) is 0 Å². The molecule has 0 heterocycles. The first-order chi connectivity index (χ1) is 11.2. The van der Waals surface area contributed by atoms with Crippen molar-refractivity contribution in [1.29, 1.82) is 0 Å². The maximum atomic E-state index is 10.2. The summed E-state index contributed by atoms with van der Waals surface area (Å²) in [5.41, 5.74) is -0.222. The second-order valence-corrected chi connectivity index (χ2v) is 4.30. The first-order valence-electron chi connectivity index (χ1n) is 6.28. The van der Waals surface area contributed by atoms with E-state index in [4.69, 9.17) is 0 Å². The van der Waals surface area contributed by atoms with E-state index in [9.17, 15) is 39.6 Å². The Morgan fingerprint density at radius 1 is 0.440 bits per heavy atom. The molecular formula is C16H8O8Zr. The summed E-state index contributed by atoms with van der Waals surface area (Å²) in [4.78, 5) is 40.8. The molecule has 0 N–H and O–H groups in total. The van der Waals surface area contributed by atoms with E-state index >= 15 is 0 Å². The number of hydrogen-bond acceptors (Lipinski definition) is 8. The molecule has 2 rings (SSSR count). The third-order valence-corrected chi connectivity index (χ3v) is 2.71. The van der Waals surface area contributed by atoms with E-state index < -0.39 is 23.9 Å². The third kappa shape index (κ3) is 7.09. The maximum absolute atomic E-state index is 10.2. The number of carbonyl (C=O) groups is 4. The van der Waals surface area contributed by atoms with Gasteiger partial charge in [0.05, 0.1) is 23.9 Å². The average molecular weight is 419 g/mol. The van der Waals surface area contributed by atoms with Gasteiger partial charge in [0.2, 0.25) is 0 Å². The summed E-state index contributed by atoms with van der Waals surface area (Å²) in [7, 11) is 0. The maximum Gasteiger partial charge on any atom is 4.00 e. The molecule has 0 amide bonds. The van der Waals surface area contributed by atoms with Gasteiger partial charge in [-0.25, -0.2) is 0 Å². The Morgan fingerprint density at radius 3 is 0.640 bits per heavy atom. The van der Waals surface area contributed by atoms with Gasteiger partial charge in [-0.1, -0.05) is 48.5 Å². The molecule has 25 heavy (non-hydrogen) atoms. The summed E-state index contributed by atoms with van der Waals surface area (Å²) >= 11 is 0. The second kappa shape index (κ2) is 10.1. The number of rotatable bonds is 4. The minimum Gasteiger partial charge on any atom is -0.545 e. The predicted molar refractivity (Wildman–Crippen MR) is 70.2 cm³/mol. The van der Waals surface area contributed by atoms with Crippen LogP contribution in [0.5, 0.6) is 0 Å². The number of carboxylic acid groups (broad SMARTS) is 4. The van der Waals surface area contributed by atoms with Crippen molar-refractivity contribution in [2.24, 2.45) is 0 Å². The zero-order chi connectivity index (χ0) is 18.3. The van der Waals surface area contributed by atoms with Crippen LogP contribution in [0.15, 0.2) is 48.5 Å². The fourth-order valence-corrected chi connectivity index (χ4v) is 1.48. The molecule has 0 aliphatic carbocycles. The van der Waals surface area contributed by atoms with Gasteiger partial charge in [-0.2, -0.15) is 0 Å². The molecule has 0 aromatic heterocycles. The summed E-state index contributed by atoms with van der Waals surface area (Å²) in [6, 6.07) is 9.23. The SMILES string of the molecule is O=C([O-])c1ccc(C(=O)[O-])cc1.O=C([O-])c1ccc(C(=O)[O-])cc1.[Zr+4]. The van der Waals surface area contributed by atoms with Crippen LogP contribution in [0, 0.1) is 0 Å². The monoisotopic (exact) mass is 418 g/mol. The number of carbonyl (C=O) groups excluding carboxylic acids is 4. The van der Waals surface area contributed by atoms with Crippen molar-refractivity contribution in [2.75, 3.05) is 0 Å². The first kappa shape index (κ1) is 22.2. The Hall–Kier alpha value is -2.80. The van der Waals surface area contributed by atoms with E-state index in [0.29, 0.717) is 0 Å². The van der Waals surface area contributed by atoms with Crippen molar-refractivity contribution < 1.29 is 65.8 Å². The van der Waals surface area contributed by atoms with Crippen LogP contribution in [-0.4, -0.2) is 23.9 Å². The van der Waals surface area contributed by atoms with Gasteiger partial charge < -0.3 is 39.6 Å². The van der Waals surface area contributed by atoms with Crippen LogP contribution in [0.3, 0.4) is 0 Å². The Morgan fingerprint density at radius 2 is 0.560 bits per heavy atom. The Balaban J connectivity index is 0.000000443. The molecule has 0 aliphatic rings. The Kier molecular flexibility index (Phi) is 9.01. The molecule has 124 valence electrons. The molecule has 0 bridgehead atoms. The normalized spacial score (nSPS) is 8.96. The van der Waals surface area contributed by atoms with Crippen LogP contribution in [0.2, 0.25) is 0 Å². The van der Waals surface area contributed by atoms with Crippen molar-refractivity contribution in [1.82, 2.24) is 0 Å². The van der Waals surface area contributed by atoms with Gasteiger partial charge in [0.25, 0.3) is 0 Å². The molecule has 2 aromatic carbocycles. The van der Waals surface area contributed by atoms with Gasteiger partial charge in [-0.3, -0.25) is 0 Å². The van der Waals surface area contributed by atoms with Crippen molar-refractivity contribution in [2.45, 2.75) is 0 Å². The predicted octanol–water partition coefficient (Wildman–Crippen LogP) is -3.18. The van der Waals surface area contributed by atoms with Crippen LogP contribution in [0.1, 0.15) is 41.4 Å². The smallest absolute Gasteiger partial charge is 0.545 e. The third-order valence-electron chi connectivity index (χ3n) is 2.71. The summed E-state index contributed by atoms with van der Waals surface area (Å²) in [6.07, 6.45) is 0. The number of carboxylic acids is 4. The molecule has 0 atom stereocenters. The molecule has 0 unspecified atom stereocenters. The molecule has 8 nitrogen and oxygen atoms in total. The van der Waals surface area contributed by atoms with Crippen LogP contribution in [0.4, 0.5) is 0 Å². The van der Waals surface area contributed by atoms with Gasteiger partial charge in [0.1, 0.15) is 0 Å². The molecule has 0 spiro atoms. The number of aromatic carboxylic acids is 4. The van der Waals surface area contributed by atoms with E-state index in [1.54, 1.807) is 0 Å². The van der Waals surface area contributed by atoms with Crippen molar-refractivity contribution in [3.8, 4) is 0 Å². The van der Waals surface area contributed by atoms with Crippen LogP contribution >= 0.6 is 0 Å². The zero-order valence-electron chi connectivity index (χ0n) is 12.4. The van der Waals surface area contributed by atoms with E-state index in [1.807, 2.05) is 0 Å². The van der Waals surface area contributed by atoms with Crippen LogP contribution < -0.4 is 20.4 Å². The first-order valence-corrected chi connectivity index (χ1v) is 6.28. The molecule has 0 aliphatic heterocycles. The fourth-order valence-electron chi connectivity index (χ4n) is 1.48. The summed E-state index contributed by atoms with van der Waals surface area (Å²) < 4.78 is 0. The van der Waals surface area contributed by atoms with E-state index in [1.165, 1.54) is 0 Å². The zero-order valence-corrected chi connectivity index (χ0v) is 14.8. The van der Waals surface area contributed by atoms with Crippen LogP contribution in [-0.2, 0) is 26.2 Å². The summed E-state index contributed by atoms with van der Waals surface area (Å²) in [5, 5.41) is 40.8. The van der Waals surface area contributed by atoms with Gasteiger partial charge in [-0.15, -0.1) is 0 Å². The minimum atomic E-state index is -1.33. The fraction of sp³-hybridized carbons (Fsp3) is 0. The van der Waals surface area contributed by atoms with Gasteiger partial charge in [0, 0.05) is 0 Å². The molecular weight excluding hydrogens is 411 g/mol. The van der Waals surface area contributed by atoms with Crippen LogP contribution in [0.25, 0.3) is 0 Å².